The molecule has 6 N–H and O–H groups in total. The van der Waals surface area contributed by atoms with Crippen LogP contribution in [0.2, 0.25) is 0 Å². The Morgan fingerprint density at radius 2 is 0.762 bits per heavy atom. The van der Waals surface area contributed by atoms with Crippen molar-refractivity contribution in [1.29, 1.82) is 10.5 Å². The van der Waals surface area contributed by atoms with Gasteiger partial charge in [-0.1, -0.05) is 32.9 Å². The number of nitrogens with zero attached hydrogens (tertiary/aromatic N) is 21. The van der Waals surface area contributed by atoms with Crippen LogP contribution in [0.5, 0.6) is 17.2 Å². The Labute approximate surface area is 578 Å². The summed E-state index contributed by atoms with van der Waals surface area (Å²) in [4.78, 5) is 85.4. The Morgan fingerprint density at radius 1 is 0.426 bits per heavy atom. The Hall–Kier alpha value is -14.0. The van der Waals surface area contributed by atoms with E-state index in [0.717, 1.165) is 5.69 Å². The number of methoxy groups -OCH3 is 3. The minimum Gasteiger partial charge on any atom is -0.492 e. The number of carbonyl (C=O) groups excluding carboxylic acids is 3. The first-order valence-electron chi connectivity index (χ1n) is 31.1. The molecule has 12 aromatic heterocycles. The highest BCUT2D eigenvalue weighted by molar-refractivity contribution is 6.04. The third kappa shape index (κ3) is 16.8. The number of ether oxygens (including phenoxy) is 3. The lowest BCUT2D eigenvalue weighted by Crippen LogP contribution is -2.08. The van der Waals surface area contributed by atoms with Gasteiger partial charge in [0.1, 0.15) is 71.6 Å². The number of nitrogens with one attached hydrogen (secondary N) is 6. The molecule has 12 heterocycles. The molecule has 0 aliphatic carbocycles. The van der Waals surface area contributed by atoms with Gasteiger partial charge in [-0.2, -0.15) is 30.9 Å². The Bertz CT molecular complexity index is 4850. The van der Waals surface area contributed by atoms with E-state index in [1.165, 1.54) is 26.6 Å². The van der Waals surface area contributed by atoms with Gasteiger partial charge >= 0.3 is 0 Å². The standard InChI is InChI=1S/2C23H21N9O2.C22H25N9O2/c2*1-4-18(33)16-12-26-20(30-19-7-5-6-14(11-24)28-19)10-17(16)29-23-21(34-3)15(8-9-25-23)22-27-13-32(2)31-22;1-6-17(32)15-11-24-18(27-19-9-13(2)31(4)28-19)10-16(15)26-22-20(33-5)14(7-8-23-22)21-25-12-30(3)29-21/h2*5-10,12-13H,4H2,1-3H3,(H2,25,26,28,29,30);7-12H,6H2,1-5H3,(H2,23,24,26,27,28). The summed E-state index contributed by atoms with van der Waals surface area (Å²) in [7, 11) is 11.8. The van der Waals surface area contributed by atoms with Crippen molar-refractivity contribution in [2.45, 2.75) is 47.0 Å². The van der Waals surface area contributed by atoms with Crippen LogP contribution in [0.25, 0.3) is 34.2 Å². The average Bonchev–Trinajstić information content (AvgIpc) is 1.80. The van der Waals surface area contributed by atoms with Crippen molar-refractivity contribution in [1.82, 2.24) is 93.9 Å². The fourth-order valence-electron chi connectivity index (χ4n) is 9.80. The summed E-state index contributed by atoms with van der Waals surface area (Å²) in [5, 5.41) is 54.5. The normalized spacial score (nSPS) is 10.5. The van der Waals surface area contributed by atoms with Gasteiger partial charge in [0, 0.05) is 115 Å². The van der Waals surface area contributed by atoms with Gasteiger partial charge in [-0.05, 0) is 49.4 Å². The highest BCUT2D eigenvalue weighted by Gasteiger charge is 2.23. The van der Waals surface area contributed by atoms with Gasteiger partial charge in [0.15, 0.2) is 75.3 Å². The van der Waals surface area contributed by atoms with Crippen molar-refractivity contribution < 1.29 is 28.6 Å². The number of pyridine rings is 8. The number of aryl methyl sites for hydroxylation is 5. The molecule has 0 radical (unpaired) electrons. The van der Waals surface area contributed by atoms with Gasteiger partial charge < -0.3 is 46.1 Å². The summed E-state index contributed by atoms with van der Waals surface area (Å²) < 4.78 is 23.4. The molecule has 12 aromatic rings. The lowest BCUT2D eigenvalue weighted by atomic mass is 10.1. The molecule has 0 spiro atoms. The number of nitriles is 2. The maximum absolute atomic E-state index is 12.6. The zero-order valence-electron chi connectivity index (χ0n) is 56.7. The Balaban J connectivity index is 0.000000163. The van der Waals surface area contributed by atoms with E-state index in [2.05, 4.69) is 107 Å². The zero-order valence-corrected chi connectivity index (χ0v) is 56.7. The van der Waals surface area contributed by atoms with Crippen LogP contribution in [0.15, 0.2) is 135 Å². The van der Waals surface area contributed by atoms with Crippen molar-refractivity contribution in [3.05, 3.63) is 169 Å². The SMILES string of the molecule is CCC(=O)c1cnc(Nc2cc(C)n(C)n2)cc1Nc1nccc(-c2ncn(C)n2)c1OC.CCC(=O)c1cnc(Nc2cccc(C#N)n2)cc1Nc1nccc(-c2ncn(C)n2)c1OC.CCC(=O)c1cnc(Nc2cccc(C#N)n2)cc1Nc1nccc(-c2ncn(C)n2)c1OC. The first-order chi connectivity index (χ1) is 48.9. The lowest BCUT2D eigenvalue weighted by Gasteiger charge is -2.16. The summed E-state index contributed by atoms with van der Waals surface area (Å²) in [6.07, 6.45) is 15.1. The van der Waals surface area contributed by atoms with Crippen molar-refractivity contribution in [2.24, 2.45) is 28.2 Å². The fraction of sp³-hybridized carbons (Fsp3) is 0.206. The number of anilines is 12. The maximum atomic E-state index is 12.6. The molecular weight excluding hydrogens is 1290 g/mol. The number of ketones is 3. The second-order valence-corrected chi connectivity index (χ2v) is 21.7. The molecule has 0 atom stereocenters. The van der Waals surface area contributed by atoms with E-state index in [9.17, 15) is 14.4 Å². The van der Waals surface area contributed by atoms with Crippen LogP contribution in [0.4, 0.5) is 69.4 Å². The smallest absolute Gasteiger partial charge is 0.185 e. The van der Waals surface area contributed by atoms with Gasteiger partial charge in [-0.15, -0.1) is 0 Å². The van der Waals surface area contributed by atoms with Crippen LogP contribution in [-0.2, 0) is 28.2 Å². The summed E-state index contributed by atoms with van der Waals surface area (Å²) in [5.41, 5.74) is 6.28. The third-order valence-corrected chi connectivity index (χ3v) is 14.8. The minimum atomic E-state index is -0.0901. The molecule has 0 amide bonds. The average molecular weight is 1360 g/mol. The minimum absolute atomic E-state index is 0.0493. The van der Waals surface area contributed by atoms with Crippen molar-refractivity contribution >= 4 is 86.8 Å². The molecule has 510 valence electrons. The quantitative estimate of drug-likeness (QED) is 0.0306. The summed E-state index contributed by atoms with van der Waals surface area (Å²) >= 11 is 0. The molecule has 12 rings (SSSR count). The molecule has 0 bridgehead atoms. The zero-order chi connectivity index (χ0) is 71.7. The summed E-state index contributed by atoms with van der Waals surface area (Å²) in [6, 6.07) is 26.4. The lowest BCUT2D eigenvalue weighted by molar-refractivity contribution is 0.0980. The molecule has 101 heavy (non-hydrogen) atoms. The van der Waals surface area contributed by atoms with Crippen molar-refractivity contribution in [3.8, 4) is 63.6 Å². The number of Topliss-reactive ketones (excluding diaryl/α,β-unsaturated/α-hetero) is 3. The molecular formula is C68H67N27O6. The number of aromatic nitrogens is 19. The van der Waals surface area contributed by atoms with E-state index in [4.69, 9.17) is 24.7 Å². The molecule has 33 heteroatoms. The molecule has 0 saturated carbocycles. The van der Waals surface area contributed by atoms with E-state index in [0.29, 0.717) is 157 Å². The van der Waals surface area contributed by atoms with Crippen molar-refractivity contribution in [3.63, 3.8) is 0 Å². The fourth-order valence-corrected chi connectivity index (χ4v) is 9.80. The molecule has 33 nitrogen and oxygen atoms in total. The highest BCUT2D eigenvalue weighted by atomic mass is 16.5. The van der Waals surface area contributed by atoms with Gasteiger partial charge in [-0.3, -0.25) is 33.1 Å². The second kappa shape index (κ2) is 32.2. The van der Waals surface area contributed by atoms with Gasteiger partial charge in [0.25, 0.3) is 0 Å². The summed E-state index contributed by atoms with van der Waals surface area (Å²) in [5.74, 6) is 6.71. The molecule has 0 aromatic carbocycles. The molecule has 0 aliphatic rings. The predicted octanol–water partition coefficient (Wildman–Crippen LogP) is 10.7. The third-order valence-electron chi connectivity index (χ3n) is 14.8. The molecule has 0 aliphatic heterocycles. The largest absolute Gasteiger partial charge is 0.492 e. The van der Waals surface area contributed by atoms with Crippen LogP contribution >= 0.6 is 0 Å². The molecule has 0 saturated heterocycles. The van der Waals surface area contributed by atoms with E-state index in [-0.39, 0.29) is 28.7 Å². The summed E-state index contributed by atoms with van der Waals surface area (Å²) in [6.45, 7) is 7.33. The molecule has 0 unspecified atom stereocenters. The van der Waals surface area contributed by atoms with Crippen LogP contribution < -0.4 is 46.1 Å². The van der Waals surface area contributed by atoms with E-state index < -0.39 is 0 Å². The van der Waals surface area contributed by atoms with E-state index in [1.807, 2.05) is 32.2 Å². The highest BCUT2D eigenvalue weighted by Crippen LogP contribution is 2.40. The van der Waals surface area contributed by atoms with Gasteiger partial charge in [-0.25, -0.2) is 54.8 Å². The topological polar surface area (TPSA) is 412 Å². The number of hydrogen-bond donors (Lipinski definition) is 6. The second-order valence-electron chi connectivity index (χ2n) is 21.7. The predicted molar refractivity (Wildman–Crippen MR) is 374 cm³/mol. The van der Waals surface area contributed by atoms with E-state index >= 15 is 0 Å². The monoisotopic (exact) mass is 1360 g/mol. The van der Waals surface area contributed by atoms with Crippen molar-refractivity contribution in [2.75, 3.05) is 53.2 Å². The van der Waals surface area contributed by atoms with E-state index in [1.54, 1.807) is 184 Å². The van der Waals surface area contributed by atoms with Crippen LogP contribution in [0.3, 0.4) is 0 Å². The number of hydrogen-bond acceptors (Lipinski definition) is 29. The van der Waals surface area contributed by atoms with Crippen LogP contribution in [0, 0.1) is 29.6 Å². The number of carbonyl (C=O) groups is 3. The Morgan fingerprint density at radius 3 is 1.04 bits per heavy atom. The van der Waals surface area contributed by atoms with Gasteiger partial charge in [0.2, 0.25) is 0 Å². The van der Waals surface area contributed by atoms with Crippen LogP contribution in [0.1, 0.15) is 88.2 Å². The first kappa shape index (κ1) is 69.8. The Kier molecular flexibility index (Phi) is 22.2. The first-order valence-corrected chi connectivity index (χ1v) is 31.1. The van der Waals surface area contributed by atoms with Gasteiger partial charge in [0.05, 0.1) is 71.8 Å². The number of rotatable bonds is 24. The van der Waals surface area contributed by atoms with Crippen LogP contribution in [-0.4, -0.2) is 133 Å². The maximum Gasteiger partial charge on any atom is 0.185 e. The molecule has 0 fully saturated rings.